The Balaban J connectivity index is 1.89. The van der Waals surface area contributed by atoms with Gasteiger partial charge < -0.3 is 11.1 Å². The van der Waals surface area contributed by atoms with E-state index in [4.69, 9.17) is 17.3 Å². The molecule has 1 atom stereocenters. The quantitative estimate of drug-likeness (QED) is 0.712. The molecule has 5 nitrogen and oxygen atoms in total. The van der Waals surface area contributed by atoms with E-state index >= 15 is 0 Å². The van der Waals surface area contributed by atoms with E-state index in [1.54, 1.807) is 4.68 Å². The summed E-state index contributed by atoms with van der Waals surface area (Å²) >= 11 is 6.02. The van der Waals surface area contributed by atoms with E-state index in [1.165, 1.54) is 0 Å². The normalized spacial score (nSPS) is 16.0. The van der Waals surface area contributed by atoms with Crippen molar-refractivity contribution in [3.05, 3.63) is 76.5 Å². The minimum atomic E-state index is -0.647. The van der Waals surface area contributed by atoms with E-state index in [1.807, 2.05) is 61.5 Å². The topological polar surface area (TPSA) is 79.7 Å². The fraction of sp³-hybridized carbons (Fsp3) is 0.100. The van der Waals surface area contributed by atoms with Crippen LogP contribution in [0.15, 0.2) is 60.2 Å². The molecule has 0 saturated heterocycles. The van der Waals surface area contributed by atoms with Crippen molar-refractivity contribution in [3.63, 3.8) is 0 Å². The summed E-state index contributed by atoms with van der Waals surface area (Å²) in [5.41, 5.74) is 11.2. The van der Waals surface area contributed by atoms with Crippen LogP contribution in [-0.4, -0.2) is 9.78 Å². The summed E-state index contributed by atoms with van der Waals surface area (Å²) in [6.07, 6.45) is -0.647. The second-order valence-electron chi connectivity index (χ2n) is 6.10. The zero-order chi connectivity index (χ0) is 18.3. The first-order chi connectivity index (χ1) is 12.6. The summed E-state index contributed by atoms with van der Waals surface area (Å²) in [7, 11) is 0. The first-order valence-corrected chi connectivity index (χ1v) is 8.55. The number of rotatable bonds is 2. The lowest BCUT2D eigenvalue weighted by atomic mass is 10.0. The predicted octanol–water partition coefficient (Wildman–Crippen LogP) is 4.33. The SMILES string of the molecule is Cc1nn2c(c1-c1ccc(Cl)cc1)NC(c1ccccc1)=C(C#N)[C@@H]2N. The maximum Gasteiger partial charge on any atom is 0.139 e. The number of nitrogens with two attached hydrogens (primary N) is 1. The third-order valence-electron chi connectivity index (χ3n) is 4.47. The van der Waals surface area contributed by atoms with Crippen molar-refractivity contribution in [1.29, 1.82) is 5.26 Å². The van der Waals surface area contributed by atoms with Gasteiger partial charge in [-0.1, -0.05) is 54.1 Å². The second-order valence-corrected chi connectivity index (χ2v) is 6.53. The zero-order valence-corrected chi connectivity index (χ0v) is 14.8. The highest BCUT2D eigenvalue weighted by atomic mass is 35.5. The number of nitriles is 1. The van der Waals surface area contributed by atoms with Crippen LogP contribution in [0.1, 0.15) is 17.4 Å². The first-order valence-electron chi connectivity index (χ1n) is 8.17. The van der Waals surface area contributed by atoms with E-state index < -0.39 is 6.17 Å². The summed E-state index contributed by atoms with van der Waals surface area (Å²) in [5.74, 6) is 0.773. The average molecular weight is 362 g/mol. The monoisotopic (exact) mass is 361 g/mol. The number of aromatic nitrogens is 2. The van der Waals surface area contributed by atoms with Gasteiger partial charge in [0.2, 0.25) is 0 Å². The molecule has 1 aliphatic heterocycles. The molecule has 1 aromatic heterocycles. The Morgan fingerprint density at radius 3 is 2.46 bits per heavy atom. The number of fused-ring (bicyclic) bond motifs is 1. The number of aryl methyl sites for hydroxylation is 1. The van der Waals surface area contributed by atoms with Gasteiger partial charge in [-0.3, -0.25) is 0 Å². The minimum absolute atomic E-state index is 0.453. The second kappa shape index (κ2) is 6.34. The molecule has 0 radical (unpaired) electrons. The van der Waals surface area contributed by atoms with Crippen molar-refractivity contribution in [2.45, 2.75) is 13.1 Å². The highest BCUT2D eigenvalue weighted by Crippen LogP contribution is 2.40. The third kappa shape index (κ3) is 2.57. The molecule has 0 spiro atoms. The Labute approximate surface area is 156 Å². The molecule has 0 unspecified atom stereocenters. The van der Waals surface area contributed by atoms with Gasteiger partial charge in [-0.25, -0.2) is 4.68 Å². The summed E-state index contributed by atoms with van der Waals surface area (Å²) < 4.78 is 1.67. The van der Waals surface area contributed by atoms with Crippen LogP contribution in [0.25, 0.3) is 16.8 Å². The molecule has 1 aliphatic rings. The molecule has 0 aliphatic carbocycles. The van der Waals surface area contributed by atoms with Gasteiger partial charge in [0, 0.05) is 10.6 Å². The maximum absolute atomic E-state index is 9.66. The van der Waals surface area contributed by atoms with Gasteiger partial charge in [0.1, 0.15) is 18.1 Å². The first kappa shape index (κ1) is 16.4. The van der Waals surface area contributed by atoms with Gasteiger partial charge >= 0.3 is 0 Å². The average Bonchev–Trinajstić information content (AvgIpc) is 2.99. The lowest BCUT2D eigenvalue weighted by Crippen LogP contribution is -2.29. The smallest absolute Gasteiger partial charge is 0.139 e. The summed E-state index contributed by atoms with van der Waals surface area (Å²) in [6, 6.07) is 19.5. The molecule has 0 fully saturated rings. The Kier molecular flexibility index (Phi) is 4.00. The fourth-order valence-corrected chi connectivity index (χ4v) is 3.37. The number of benzene rings is 2. The number of nitrogens with one attached hydrogen (secondary N) is 1. The highest BCUT2D eigenvalue weighted by Gasteiger charge is 2.30. The molecule has 26 heavy (non-hydrogen) atoms. The number of halogens is 1. The third-order valence-corrected chi connectivity index (χ3v) is 4.73. The summed E-state index contributed by atoms with van der Waals surface area (Å²) in [6.45, 7) is 1.93. The van der Waals surface area contributed by atoms with Crippen LogP contribution >= 0.6 is 11.6 Å². The van der Waals surface area contributed by atoms with Crippen LogP contribution in [0.4, 0.5) is 5.82 Å². The van der Waals surface area contributed by atoms with Gasteiger partial charge in [0.25, 0.3) is 0 Å². The van der Waals surface area contributed by atoms with Crippen LogP contribution in [-0.2, 0) is 0 Å². The summed E-state index contributed by atoms with van der Waals surface area (Å²) in [5, 5.41) is 18.3. The standard InChI is InChI=1S/C20H16ClN5/c1-12-17(13-7-9-15(21)10-8-13)20-24-18(14-5-3-2-4-6-14)16(11-22)19(23)26(20)25-12/h2-10,19,24H,23H2,1H3/t19-/m1/s1. The Morgan fingerprint density at radius 2 is 1.81 bits per heavy atom. The maximum atomic E-state index is 9.66. The van der Waals surface area contributed by atoms with Gasteiger partial charge in [-0.15, -0.1) is 0 Å². The molecular formula is C20H16ClN5. The molecule has 6 heteroatoms. The predicted molar refractivity (Wildman–Crippen MR) is 103 cm³/mol. The molecule has 4 rings (SSSR count). The number of anilines is 1. The lowest BCUT2D eigenvalue weighted by molar-refractivity contribution is 0.540. The van der Waals surface area contributed by atoms with E-state index in [9.17, 15) is 5.26 Å². The van der Waals surface area contributed by atoms with E-state index in [0.29, 0.717) is 16.3 Å². The van der Waals surface area contributed by atoms with Crippen molar-refractivity contribution in [3.8, 4) is 17.2 Å². The van der Waals surface area contributed by atoms with E-state index in [2.05, 4.69) is 16.5 Å². The summed E-state index contributed by atoms with van der Waals surface area (Å²) in [4.78, 5) is 0. The molecule has 0 bridgehead atoms. The fourth-order valence-electron chi connectivity index (χ4n) is 3.24. The Bertz CT molecular complexity index is 1040. The minimum Gasteiger partial charge on any atom is -0.338 e. The van der Waals surface area contributed by atoms with Gasteiger partial charge in [0.05, 0.1) is 17.0 Å². The van der Waals surface area contributed by atoms with Gasteiger partial charge in [-0.2, -0.15) is 10.4 Å². The zero-order valence-electron chi connectivity index (χ0n) is 14.1. The molecule has 3 N–H and O–H groups in total. The molecular weight excluding hydrogens is 346 g/mol. The van der Waals surface area contributed by atoms with Crippen LogP contribution in [0.2, 0.25) is 5.02 Å². The van der Waals surface area contributed by atoms with Crippen LogP contribution < -0.4 is 11.1 Å². The molecule has 0 amide bonds. The van der Waals surface area contributed by atoms with Crippen molar-refractivity contribution in [2.75, 3.05) is 5.32 Å². The molecule has 3 aromatic rings. The largest absolute Gasteiger partial charge is 0.338 e. The lowest BCUT2D eigenvalue weighted by Gasteiger charge is -2.26. The van der Waals surface area contributed by atoms with Crippen molar-refractivity contribution in [2.24, 2.45) is 5.73 Å². The van der Waals surface area contributed by atoms with Gasteiger partial charge in [0.15, 0.2) is 0 Å². The highest BCUT2D eigenvalue weighted by molar-refractivity contribution is 6.30. The number of nitrogens with zero attached hydrogens (tertiary/aromatic N) is 3. The molecule has 128 valence electrons. The Morgan fingerprint density at radius 1 is 1.12 bits per heavy atom. The number of hydrogen-bond acceptors (Lipinski definition) is 4. The molecule has 2 heterocycles. The Hall–Kier alpha value is -3.07. The number of hydrogen-bond donors (Lipinski definition) is 2. The van der Waals surface area contributed by atoms with E-state index in [-0.39, 0.29) is 0 Å². The van der Waals surface area contributed by atoms with Gasteiger partial charge in [-0.05, 0) is 30.2 Å². The van der Waals surface area contributed by atoms with Crippen LogP contribution in [0.3, 0.4) is 0 Å². The van der Waals surface area contributed by atoms with Crippen LogP contribution in [0, 0.1) is 18.3 Å². The molecule has 2 aromatic carbocycles. The van der Waals surface area contributed by atoms with Crippen molar-refractivity contribution in [1.82, 2.24) is 9.78 Å². The molecule has 0 saturated carbocycles. The van der Waals surface area contributed by atoms with Crippen molar-refractivity contribution >= 4 is 23.1 Å². The van der Waals surface area contributed by atoms with Crippen molar-refractivity contribution < 1.29 is 0 Å². The van der Waals surface area contributed by atoms with E-state index in [0.717, 1.165) is 28.2 Å². The van der Waals surface area contributed by atoms with Crippen LogP contribution in [0.5, 0.6) is 0 Å².